The van der Waals surface area contributed by atoms with E-state index in [1.807, 2.05) is 31.3 Å². The lowest BCUT2D eigenvalue weighted by molar-refractivity contribution is -0.113. The van der Waals surface area contributed by atoms with Crippen LogP contribution in [0.4, 0.5) is 5.69 Å². The van der Waals surface area contributed by atoms with Crippen molar-refractivity contribution < 1.29 is 4.79 Å². The molecule has 1 amide bonds. The summed E-state index contributed by atoms with van der Waals surface area (Å²) in [5.74, 6) is 0.168. The van der Waals surface area contributed by atoms with Crippen molar-refractivity contribution in [2.45, 2.75) is 11.7 Å². The highest BCUT2D eigenvalue weighted by Crippen LogP contribution is 2.16. The van der Waals surface area contributed by atoms with Crippen LogP contribution in [0.3, 0.4) is 0 Å². The molecule has 0 aliphatic carbocycles. The lowest BCUT2D eigenvalue weighted by Crippen LogP contribution is -2.18. The molecular weight excluding hydrogens is 356 g/mol. The molecule has 2 aromatic rings. The number of thioether (sulfide) groups is 1. The molecule has 2 rings (SSSR count). The van der Waals surface area contributed by atoms with Crippen LogP contribution in [0.25, 0.3) is 0 Å². The Hall–Kier alpha value is -1.45. The van der Waals surface area contributed by atoms with E-state index in [-0.39, 0.29) is 11.7 Å². The summed E-state index contributed by atoms with van der Waals surface area (Å²) in [6.45, 7) is 1.43. The number of hydrogen-bond donors (Lipinski definition) is 2. The Balaban J connectivity index is 1.83. The van der Waals surface area contributed by atoms with Crippen molar-refractivity contribution in [3.63, 3.8) is 0 Å². The first kappa shape index (κ1) is 15.9. The van der Waals surface area contributed by atoms with Gasteiger partial charge in [0.15, 0.2) is 0 Å². The van der Waals surface area contributed by atoms with Crippen LogP contribution in [0.5, 0.6) is 0 Å². The van der Waals surface area contributed by atoms with Gasteiger partial charge in [0.2, 0.25) is 11.1 Å². The van der Waals surface area contributed by atoms with E-state index in [4.69, 9.17) is 0 Å². The van der Waals surface area contributed by atoms with E-state index in [0.29, 0.717) is 11.7 Å². The Morgan fingerprint density at radius 2 is 2.14 bits per heavy atom. The molecule has 112 valence electrons. The van der Waals surface area contributed by atoms with Gasteiger partial charge in [-0.15, -0.1) is 5.10 Å². The molecule has 1 aromatic carbocycles. The summed E-state index contributed by atoms with van der Waals surface area (Å²) < 4.78 is 2.65. The van der Waals surface area contributed by atoms with Gasteiger partial charge in [0.25, 0.3) is 0 Å². The van der Waals surface area contributed by atoms with Gasteiger partial charge in [0.05, 0.1) is 12.3 Å². The van der Waals surface area contributed by atoms with Crippen molar-refractivity contribution in [1.82, 2.24) is 25.5 Å². The molecule has 2 N–H and O–H groups in total. The second-order valence-corrected chi connectivity index (χ2v) is 5.99. The highest BCUT2D eigenvalue weighted by molar-refractivity contribution is 9.10. The molecule has 0 unspecified atom stereocenters. The predicted octanol–water partition coefficient (Wildman–Crippen LogP) is 1.39. The van der Waals surface area contributed by atoms with Gasteiger partial charge in [0.1, 0.15) is 0 Å². The Morgan fingerprint density at radius 3 is 2.86 bits per heavy atom. The van der Waals surface area contributed by atoms with Crippen LogP contribution in [0.1, 0.15) is 0 Å². The van der Waals surface area contributed by atoms with E-state index in [2.05, 4.69) is 42.1 Å². The predicted molar refractivity (Wildman–Crippen MR) is 85.2 cm³/mol. The fourth-order valence-electron chi connectivity index (χ4n) is 1.52. The Labute approximate surface area is 135 Å². The van der Waals surface area contributed by atoms with E-state index in [9.17, 15) is 4.79 Å². The number of amides is 1. The Bertz CT molecular complexity index is 588. The number of aromatic nitrogens is 4. The topological polar surface area (TPSA) is 84.7 Å². The Morgan fingerprint density at radius 1 is 1.38 bits per heavy atom. The number of nitrogens with one attached hydrogen (secondary N) is 2. The van der Waals surface area contributed by atoms with Crippen LogP contribution >= 0.6 is 27.7 Å². The number of tetrazole rings is 1. The van der Waals surface area contributed by atoms with Gasteiger partial charge in [-0.2, -0.15) is 0 Å². The van der Waals surface area contributed by atoms with Crippen molar-refractivity contribution in [3.8, 4) is 0 Å². The molecule has 0 bridgehead atoms. The summed E-state index contributed by atoms with van der Waals surface area (Å²) >= 11 is 4.66. The average molecular weight is 371 g/mol. The first-order valence-electron chi connectivity index (χ1n) is 6.28. The SMILES string of the molecule is CNCCn1nnnc1SCC(=O)Nc1ccc(Br)cc1. The smallest absolute Gasteiger partial charge is 0.234 e. The third-order valence-corrected chi connectivity index (χ3v) is 4.02. The number of hydrogen-bond acceptors (Lipinski definition) is 6. The molecule has 1 heterocycles. The molecule has 1 aromatic heterocycles. The highest BCUT2D eigenvalue weighted by Gasteiger charge is 2.09. The van der Waals surface area contributed by atoms with Crippen molar-refractivity contribution in [3.05, 3.63) is 28.7 Å². The molecule has 0 atom stereocenters. The van der Waals surface area contributed by atoms with E-state index < -0.39 is 0 Å². The highest BCUT2D eigenvalue weighted by atomic mass is 79.9. The molecule has 0 fully saturated rings. The third-order valence-electron chi connectivity index (χ3n) is 2.53. The third kappa shape index (κ3) is 5.10. The molecule has 7 nitrogen and oxygen atoms in total. The lowest BCUT2D eigenvalue weighted by atomic mass is 10.3. The number of benzene rings is 1. The van der Waals surface area contributed by atoms with E-state index in [1.165, 1.54) is 11.8 Å². The molecule has 9 heteroatoms. The first-order chi connectivity index (χ1) is 10.2. The maximum absolute atomic E-state index is 11.9. The maximum atomic E-state index is 11.9. The number of likely N-dealkylation sites (N-methyl/N-ethyl adjacent to an activating group) is 1. The summed E-state index contributed by atoms with van der Waals surface area (Å²) in [6.07, 6.45) is 0. The van der Waals surface area contributed by atoms with Crippen molar-refractivity contribution in [1.29, 1.82) is 0 Å². The lowest BCUT2D eigenvalue weighted by Gasteiger charge is -2.05. The minimum absolute atomic E-state index is 0.0921. The molecule has 0 spiro atoms. The van der Waals surface area contributed by atoms with Gasteiger partial charge >= 0.3 is 0 Å². The number of nitrogens with zero attached hydrogens (tertiary/aromatic N) is 4. The fourth-order valence-corrected chi connectivity index (χ4v) is 2.49. The number of carbonyl (C=O) groups is 1. The number of rotatable bonds is 7. The van der Waals surface area contributed by atoms with Crippen LogP contribution in [-0.4, -0.2) is 45.5 Å². The number of halogens is 1. The minimum atomic E-state index is -0.0921. The molecule has 0 aliphatic heterocycles. The van der Waals surface area contributed by atoms with E-state index in [1.54, 1.807) is 4.68 Å². The summed E-state index contributed by atoms with van der Waals surface area (Å²) in [4.78, 5) is 11.9. The van der Waals surface area contributed by atoms with Crippen LogP contribution in [-0.2, 0) is 11.3 Å². The maximum Gasteiger partial charge on any atom is 0.234 e. The molecular formula is C12H15BrN6OS. The average Bonchev–Trinajstić information content (AvgIpc) is 2.93. The van der Waals surface area contributed by atoms with Crippen molar-refractivity contribution in [2.75, 3.05) is 24.7 Å². The second-order valence-electron chi connectivity index (χ2n) is 4.13. The van der Waals surface area contributed by atoms with Gasteiger partial charge in [-0.25, -0.2) is 4.68 Å². The monoisotopic (exact) mass is 370 g/mol. The fraction of sp³-hybridized carbons (Fsp3) is 0.333. The zero-order valence-electron chi connectivity index (χ0n) is 11.4. The van der Waals surface area contributed by atoms with Gasteiger partial charge < -0.3 is 10.6 Å². The minimum Gasteiger partial charge on any atom is -0.325 e. The van der Waals surface area contributed by atoms with Gasteiger partial charge in [-0.05, 0) is 41.7 Å². The second kappa shape index (κ2) is 8.11. The quantitative estimate of drug-likeness (QED) is 0.716. The van der Waals surface area contributed by atoms with Gasteiger partial charge in [0, 0.05) is 16.7 Å². The summed E-state index contributed by atoms with van der Waals surface area (Å²) in [6, 6.07) is 7.43. The van der Waals surface area contributed by atoms with Gasteiger partial charge in [-0.3, -0.25) is 4.79 Å². The summed E-state index contributed by atoms with van der Waals surface area (Å²) in [5.41, 5.74) is 0.763. The first-order valence-corrected chi connectivity index (χ1v) is 8.06. The van der Waals surface area contributed by atoms with Crippen molar-refractivity contribution in [2.24, 2.45) is 0 Å². The number of anilines is 1. The van der Waals surface area contributed by atoms with Gasteiger partial charge in [-0.1, -0.05) is 27.7 Å². The zero-order valence-corrected chi connectivity index (χ0v) is 13.8. The summed E-state index contributed by atoms with van der Waals surface area (Å²) in [7, 11) is 1.86. The number of carbonyl (C=O) groups excluding carboxylic acids is 1. The largest absolute Gasteiger partial charge is 0.325 e. The van der Waals surface area contributed by atoms with E-state index in [0.717, 1.165) is 16.7 Å². The normalized spacial score (nSPS) is 10.6. The van der Waals surface area contributed by atoms with E-state index >= 15 is 0 Å². The molecule has 0 saturated carbocycles. The van der Waals surface area contributed by atoms with Crippen molar-refractivity contribution >= 4 is 39.3 Å². The molecule has 0 saturated heterocycles. The standard InChI is InChI=1S/C12H15BrN6OS/c1-14-6-7-19-12(16-17-18-19)21-8-11(20)15-10-4-2-9(13)3-5-10/h2-5,14H,6-8H2,1H3,(H,15,20). The summed E-state index contributed by atoms with van der Waals surface area (Å²) in [5, 5.41) is 17.9. The van der Waals surface area contributed by atoms with Crippen LogP contribution in [0, 0.1) is 0 Å². The molecule has 0 radical (unpaired) electrons. The zero-order chi connectivity index (χ0) is 15.1. The van der Waals surface area contributed by atoms with Crippen LogP contribution < -0.4 is 10.6 Å². The molecule has 0 aliphatic rings. The Kier molecular flexibility index (Phi) is 6.15. The molecule has 21 heavy (non-hydrogen) atoms. The van der Waals surface area contributed by atoms with Crippen LogP contribution in [0.15, 0.2) is 33.9 Å². The van der Waals surface area contributed by atoms with Crippen LogP contribution in [0.2, 0.25) is 0 Å².